The highest BCUT2D eigenvalue weighted by atomic mass is 35.5. The number of hydrogen-bond donors (Lipinski definition) is 0. The van der Waals surface area contributed by atoms with Gasteiger partial charge < -0.3 is 4.74 Å². The summed E-state index contributed by atoms with van der Waals surface area (Å²) in [6.07, 6.45) is 1.64. The number of hydrogen-bond acceptors (Lipinski definition) is 4. The quantitative estimate of drug-likeness (QED) is 0.730. The van der Waals surface area contributed by atoms with E-state index in [1.165, 1.54) is 7.11 Å². The summed E-state index contributed by atoms with van der Waals surface area (Å²) in [6, 6.07) is 3.49. The van der Waals surface area contributed by atoms with Crippen LogP contribution in [-0.4, -0.2) is 36.6 Å². The Balaban J connectivity index is 2.51. The highest BCUT2D eigenvalue weighted by molar-refractivity contribution is 6.30. The average Bonchev–Trinajstić information content (AvgIpc) is 2.17. The van der Waals surface area contributed by atoms with Gasteiger partial charge in [-0.1, -0.05) is 11.6 Å². The third-order valence-corrected chi connectivity index (χ3v) is 2.07. The van der Waals surface area contributed by atoms with Crippen LogP contribution in [0.4, 0.5) is 0 Å². The van der Waals surface area contributed by atoms with Gasteiger partial charge in [0.25, 0.3) is 0 Å². The van der Waals surface area contributed by atoms with E-state index in [0.717, 1.165) is 5.69 Å². The number of aromatic nitrogens is 1. The highest BCUT2D eigenvalue weighted by Crippen LogP contribution is 2.09. The maximum Gasteiger partial charge on any atom is 0.319 e. The number of esters is 1. The van der Waals surface area contributed by atoms with Gasteiger partial charge in [0.15, 0.2) is 0 Å². The van der Waals surface area contributed by atoms with Gasteiger partial charge in [0.2, 0.25) is 0 Å². The Hall–Kier alpha value is -1.13. The van der Waals surface area contributed by atoms with Crippen molar-refractivity contribution in [2.45, 2.75) is 6.54 Å². The van der Waals surface area contributed by atoms with Gasteiger partial charge in [0.05, 0.1) is 19.3 Å². The van der Waals surface area contributed by atoms with Crippen LogP contribution >= 0.6 is 11.6 Å². The largest absolute Gasteiger partial charge is 0.468 e. The van der Waals surface area contributed by atoms with Crippen LogP contribution in [-0.2, 0) is 16.1 Å². The predicted octanol–water partition coefficient (Wildman–Crippen LogP) is 1.34. The molecule has 0 aliphatic heterocycles. The average molecular weight is 229 g/mol. The third kappa shape index (κ3) is 4.27. The van der Waals surface area contributed by atoms with E-state index < -0.39 is 0 Å². The maximum atomic E-state index is 11.0. The molecule has 0 aromatic carbocycles. The fourth-order valence-electron chi connectivity index (χ4n) is 1.15. The third-order valence-electron chi connectivity index (χ3n) is 1.84. The molecule has 0 saturated heterocycles. The van der Waals surface area contributed by atoms with Gasteiger partial charge in [0, 0.05) is 17.8 Å². The number of carbonyl (C=O) groups is 1. The Morgan fingerprint density at radius 1 is 1.67 bits per heavy atom. The lowest BCUT2D eigenvalue weighted by Gasteiger charge is -2.14. The first-order valence-corrected chi connectivity index (χ1v) is 4.85. The van der Waals surface area contributed by atoms with Crippen molar-refractivity contribution in [2.75, 3.05) is 20.7 Å². The monoisotopic (exact) mass is 228 g/mol. The molecule has 1 aromatic heterocycles. The number of nitrogens with zero attached hydrogens (tertiary/aromatic N) is 2. The molecular formula is C10H13ClN2O2. The first kappa shape index (κ1) is 11.9. The molecule has 1 rings (SSSR count). The zero-order valence-corrected chi connectivity index (χ0v) is 9.49. The second-order valence-electron chi connectivity index (χ2n) is 3.21. The first-order chi connectivity index (χ1) is 7.11. The molecule has 4 nitrogen and oxygen atoms in total. The molecule has 0 bridgehead atoms. The smallest absolute Gasteiger partial charge is 0.319 e. The Morgan fingerprint density at radius 2 is 2.40 bits per heavy atom. The normalized spacial score (nSPS) is 10.4. The van der Waals surface area contributed by atoms with Gasteiger partial charge in [-0.2, -0.15) is 0 Å². The van der Waals surface area contributed by atoms with E-state index in [-0.39, 0.29) is 12.5 Å². The number of rotatable bonds is 4. The molecular weight excluding hydrogens is 216 g/mol. The zero-order chi connectivity index (χ0) is 11.3. The predicted molar refractivity (Wildman–Crippen MR) is 57.6 cm³/mol. The molecule has 0 atom stereocenters. The van der Waals surface area contributed by atoms with E-state index in [1.807, 2.05) is 11.9 Å². The molecule has 0 radical (unpaired) electrons. The van der Waals surface area contributed by atoms with Gasteiger partial charge in [-0.15, -0.1) is 0 Å². The van der Waals surface area contributed by atoms with Crippen molar-refractivity contribution in [1.82, 2.24) is 9.88 Å². The molecule has 1 heterocycles. The summed E-state index contributed by atoms with van der Waals surface area (Å²) in [5, 5.41) is 0.645. The van der Waals surface area contributed by atoms with Crippen LogP contribution in [0.15, 0.2) is 18.3 Å². The summed E-state index contributed by atoms with van der Waals surface area (Å²) in [5.41, 5.74) is 0.828. The second kappa shape index (κ2) is 5.68. The van der Waals surface area contributed by atoms with Crippen molar-refractivity contribution in [3.63, 3.8) is 0 Å². The van der Waals surface area contributed by atoms with E-state index in [2.05, 4.69) is 9.72 Å². The summed E-state index contributed by atoms with van der Waals surface area (Å²) in [4.78, 5) is 16.9. The molecule has 5 heteroatoms. The molecule has 0 N–H and O–H groups in total. The van der Waals surface area contributed by atoms with Gasteiger partial charge in [0.1, 0.15) is 0 Å². The standard InChI is InChI=1S/C10H13ClN2O2/c1-13(7-10(14)15-2)6-9-5-8(11)3-4-12-9/h3-5H,6-7H2,1-2H3. The molecule has 0 unspecified atom stereocenters. The molecule has 15 heavy (non-hydrogen) atoms. The second-order valence-corrected chi connectivity index (χ2v) is 3.65. The highest BCUT2D eigenvalue weighted by Gasteiger charge is 2.07. The molecule has 0 fully saturated rings. The molecule has 0 aliphatic carbocycles. The summed E-state index contributed by atoms with van der Waals surface area (Å²) >= 11 is 5.81. The van der Waals surface area contributed by atoms with Crippen LogP contribution in [0.3, 0.4) is 0 Å². The molecule has 0 spiro atoms. The van der Waals surface area contributed by atoms with Crippen LogP contribution in [0.2, 0.25) is 5.02 Å². The van der Waals surface area contributed by atoms with E-state index in [9.17, 15) is 4.79 Å². The molecule has 0 amide bonds. The van der Waals surface area contributed by atoms with Crippen molar-refractivity contribution >= 4 is 17.6 Å². The minimum Gasteiger partial charge on any atom is -0.468 e. The number of pyridine rings is 1. The Kier molecular flexibility index (Phi) is 4.52. The van der Waals surface area contributed by atoms with Crippen molar-refractivity contribution in [1.29, 1.82) is 0 Å². The maximum absolute atomic E-state index is 11.0. The van der Waals surface area contributed by atoms with Crippen LogP contribution in [0.1, 0.15) is 5.69 Å². The van der Waals surface area contributed by atoms with Gasteiger partial charge in [-0.05, 0) is 19.2 Å². The summed E-state index contributed by atoms with van der Waals surface area (Å²) in [5.74, 6) is -0.264. The molecule has 1 aromatic rings. The van der Waals surface area contributed by atoms with E-state index in [4.69, 9.17) is 11.6 Å². The molecule has 82 valence electrons. The number of halogens is 1. The fourth-order valence-corrected chi connectivity index (χ4v) is 1.33. The lowest BCUT2D eigenvalue weighted by Crippen LogP contribution is -2.26. The molecule has 0 aliphatic rings. The minimum absolute atomic E-state index is 0.241. The van der Waals surface area contributed by atoms with E-state index >= 15 is 0 Å². The summed E-state index contributed by atoms with van der Waals surface area (Å²) in [7, 11) is 3.19. The lowest BCUT2D eigenvalue weighted by molar-refractivity contribution is -0.141. The van der Waals surface area contributed by atoms with Crippen LogP contribution < -0.4 is 0 Å². The van der Waals surface area contributed by atoms with Crippen LogP contribution in [0, 0.1) is 0 Å². The lowest BCUT2D eigenvalue weighted by atomic mass is 10.3. The van der Waals surface area contributed by atoms with Crippen LogP contribution in [0.25, 0.3) is 0 Å². The van der Waals surface area contributed by atoms with Crippen LogP contribution in [0.5, 0.6) is 0 Å². The molecule has 0 saturated carbocycles. The minimum atomic E-state index is -0.264. The van der Waals surface area contributed by atoms with Crippen molar-refractivity contribution in [3.05, 3.63) is 29.0 Å². The van der Waals surface area contributed by atoms with Crippen molar-refractivity contribution < 1.29 is 9.53 Å². The zero-order valence-electron chi connectivity index (χ0n) is 8.74. The van der Waals surface area contributed by atoms with E-state index in [1.54, 1.807) is 18.3 Å². The van der Waals surface area contributed by atoms with E-state index in [0.29, 0.717) is 11.6 Å². The number of ether oxygens (including phenoxy) is 1. The summed E-state index contributed by atoms with van der Waals surface area (Å²) < 4.78 is 4.56. The number of methoxy groups -OCH3 is 1. The van der Waals surface area contributed by atoms with Gasteiger partial charge in [-0.3, -0.25) is 14.7 Å². The fraction of sp³-hybridized carbons (Fsp3) is 0.400. The van der Waals surface area contributed by atoms with Crippen molar-refractivity contribution in [3.8, 4) is 0 Å². The first-order valence-electron chi connectivity index (χ1n) is 4.47. The summed E-state index contributed by atoms with van der Waals surface area (Å²) in [6.45, 7) is 0.806. The van der Waals surface area contributed by atoms with Gasteiger partial charge in [-0.25, -0.2) is 0 Å². The Morgan fingerprint density at radius 3 is 3.00 bits per heavy atom. The van der Waals surface area contributed by atoms with Gasteiger partial charge >= 0.3 is 5.97 Å². The number of likely N-dealkylation sites (N-methyl/N-ethyl adjacent to an activating group) is 1. The Bertz CT molecular complexity index is 344. The SMILES string of the molecule is COC(=O)CN(C)Cc1cc(Cl)ccn1. The Labute approximate surface area is 93.8 Å². The van der Waals surface area contributed by atoms with Crippen molar-refractivity contribution in [2.24, 2.45) is 0 Å². The topological polar surface area (TPSA) is 42.4 Å². The number of carbonyl (C=O) groups excluding carboxylic acids is 1.